The predicted molar refractivity (Wildman–Crippen MR) is 56.4 cm³/mol. The Morgan fingerprint density at radius 1 is 1.64 bits per heavy atom. The quantitative estimate of drug-likeness (QED) is 0.548. The van der Waals surface area contributed by atoms with Gasteiger partial charge in [-0.15, -0.1) is 0 Å². The number of thiocarbonyl (C=S) groups is 1. The van der Waals surface area contributed by atoms with Gasteiger partial charge in [-0.1, -0.05) is 26.1 Å². The number of carbonyl (C=O) groups is 1. The maximum atomic E-state index is 11.5. The van der Waals surface area contributed by atoms with Crippen LogP contribution in [0.3, 0.4) is 0 Å². The van der Waals surface area contributed by atoms with E-state index in [4.69, 9.17) is 28.0 Å². The van der Waals surface area contributed by atoms with Crippen molar-refractivity contribution in [3.8, 4) is 6.07 Å². The summed E-state index contributed by atoms with van der Waals surface area (Å²) in [7, 11) is 0. The Balaban J connectivity index is 4.75. The number of esters is 1. The fourth-order valence-electron chi connectivity index (χ4n) is 0.917. The molecule has 0 aliphatic carbocycles. The number of nitrogens with two attached hydrogens (primary N) is 1. The summed E-state index contributed by atoms with van der Waals surface area (Å²) >= 11 is 4.71. The molecule has 0 spiro atoms. The van der Waals surface area contributed by atoms with Crippen molar-refractivity contribution in [3.63, 3.8) is 0 Å². The summed E-state index contributed by atoms with van der Waals surface area (Å²) in [6, 6.07) is 1.83. The van der Waals surface area contributed by atoms with Gasteiger partial charge in [0.25, 0.3) is 0 Å². The van der Waals surface area contributed by atoms with Crippen molar-refractivity contribution in [2.45, 2.75) is 26.7 Å². The summed E-state index contributed by atoms with van der Waals surface area (Å²) in [4.78, 5) is 11.4. The lowest BCUT2D eigenvalue weighted by atomic mass is 9.87. The number of nitrogens with zero attached hydrogens (tertiary/aromatic N) is 1. The van der Waals surface area contributed by atoms with Crippen LogP contribution >= 0.6 is 12.2 Å². The molecular formula is C9H14N2O2S. The minimum Gasteiger partial charge on any atom is -0.464 e. The molecule has 1 atom stereocenters. The first-order chi connectivity index (χ1) is 6.55. The van der Waals surface area contributed by atoms with E-state index in [-0.39, 0.29) is 18.0 Å². The van der Waals surface area contributed by atoms with Gasteiger partial charge in [-0.05, 0) is 12.8 Å². The Labute approximate surface area is 89.0 Å². The molecule has 0 aliphatic rings. The van der Waals surface area contributed by atoms with Crippen molar-refractivity contribution in [1.29, 1.82) is 5.26 Å². The third-order valence-electron chi connectivity index (χ3n) is 1.93. The summed E-state index contributed by atoms with van der Waals surface area (Å²) in [6.45, 7) is 3.83. The monoisotopic (exact) mass is 214 g/mol. The second kappa shape index (κ2) is 5.55. The second-order valence-electron chi connectivity index (χ2n) is 2.87. The molecule has 0 rings (SSSR count). The van der Waals surface area contributed by atoms with Gasteiger partial charge < -0.3 is 10.5 Å². The van der Waals surface area contributed by atoms with Crippen molar-refractivity contribution in [2.24, 2.45) is 11.1 Å². The normalized spacial score (nSPS) is 13.8. The summed E-state index contributed by atoms with van der Waals surface area (Å²) in [6.07, 6.45) is 0.940. The van der Waals surface area contributed by atoms with E-state index in [2.05, 4.69) is 0 Å². The Kier molecular flexibility index (Phi) is 5.10. The molecule has 0 fully saturated rings. The van der Waals surface area contributed by atoms with E-state index in [9.17, 15) is 4.79 Å². The van der Waals surface area contributed by atoms with Crippen LogP contribution in [0.15, 0.2) is 0 Å². The smallest absolute Gasteiger partial charge is 0.333 e. The molecular weight excluding hydrogens is 200 g/mol. The average Bonchev–Trinajstić information content (AvgIpc) is 2.17. The average molecular weight is 214 g/mol. The van der Waals surface area contributed by atoms with Crippen LogP contribution < -0.4 is 5.73 Å². The van der Waals surface area contributed by atoms with Gasteiger partial charge in [0.05, 0.1) is 12.7 Å². The lowest BCUT2D eigenvalue weighted by Gasteiger charge is -2.21. The largest absolute Gasteiger partial charge is 0.464 e. The maximum Gasteiger partial charge on any atom is 0.333 e. The van der Waals surface area contributed by atoms with Crippen molar-refractivity contribution in [2.75, 3.05) is 6.61 Å². The fourth-order valence-corrected chi connectivity index (χ4v) is 1.19. The molecule has 0 amide bonds. The highest BCUT2D eigenvalue weighted by Crippen LogP contribution is 2.23. The molecule has 5 heteroatoms. The molecule has 78 valence electrons. The molecule has 0 radical (unpaired) electrons. The zero-order valence-electron chi connectivity index (χ0n) is 8.37. The van der Waals surface area contributed by atoms with Gasteiger partial charge in [-0.3, -0.25) is 0 Å². The van der Waals surface area contributed by atoms with Gasteiger partial charge in [0, 0.05) is 0 Å². The molecule has 0 bridgehead atoms. The fraction of sp³-hybridized carbons (Fsp3) is 0.667. The van der Waals surface area contributed by atoms with Crippen LogP contribution in [0.4, 0.5) is 0 Å². The molecule has 0 saturated carbocycles. The number of hydrogen-bond donors (Lipinski definition) is 1. The third kappa shape index (κ3) is 2.42. The number of hydrogen-bond acceptors (Lipinski definition) is 4. The summed E-state index contributed by atoms with van der Waals surface area (Å²) in [5.41, 5.74) is 3.92. The summed E-state index contributed by atoms with van der Waals surface area (Å²) < 4.78 is 4.87. The molecule has 0 aliphatic heterocycles. The van der Waals surface area contributed by atoms with Gasteiger partial charge in [-0.25, -0.2) is 4.79 Å². The van der Waals surface area contributed by atoms with Crippen molar-refractivity contribution >= 4 is 23.2 Å². The number of carbonyl (C=O) groups excluding carboxylic acids is 1. The Morgan fingerprint density at radius 2 is 2.21 bits per heavy atom. The summed E-state index contributed by atoms with van der Waals surface area (Å²) in [5, 5.41) is 8.90. The van der Waals surface area contributed by atoms with Crippen LogP contribution in [-0.2, 0) is 9.53 Å². The van der Waals surface area contributed by atoms with E-state index in [1.54, 1.807) is 6.92 Å². The van der Waals surface area contributed by atoms with E-state index in [1.165, 1.54) is 0 Å². The second-order valence-corrected chi connectivity index (χ2v) is 3.31. The maximum absolute atomic E-state index is 11.5. The molecule has 0 aromatic heterocycles. The number of rotatable bonds is 5. The Hall–Kier alpha value is -1.15. The van der Waals surface area contributed by atoms with Crippen molar-refractivity contribution in [1.82, 2.24) is 0 Å². The van der Waals surface area contributed by atoms with Gasteiger partial charge in [0.2, 0.25) is 5.41 Å². The highest BCUT2D eigenvalue weighted by atomic mass is 32.1. The first-order valence-corrected chi connectivity index (χ1v) is 4.84. The van der Waals surface area contributed by atoms with Crippen LogP contribution in [0.25, 0.3) is 0 Å². The lowest BCUT2D eigenvalue weighted by molar-refractivity contribution is -0.149. The van der Waals surface area contributed by atoms with E-state index in [0.717, 1.165) is 0 Å². The standard InChI is InChI=1S/C9H14N2O2S/c1-3-5-13-8(12)9(4-2,6-10)7(11)14/h3-5H2,1-2H3,(H2,11,14). The zero-order chi connectivity index (χ0) is 11.2. The SMILES string of the molecule is CCCOC(=O)C(C#N)(CC)C(N)=S. The first-order valence-electron chi connectivity index (χ1n) is 4.43. The Bertz CT molecular complexity index is 272. The van der Waals surface area contributed by atoms with E-state index >= 15 is 0 Å². The topological polar surface area (TPSA) is 76.1 Å². The predicted octanol–water partition coefficient (Wildman–Crippen LogP) is 1.15. The highest BCUT2D eigenvalue weighted by molar-refractivity contribution is 7.80. The van der Waals surface area contributed by atoms with Crippen LogP contribution in [0, 0.1) is 16.7 Å². The zero-order valence-corrected chi connectivity index (χ0v) is 9.19. The minimum atomic E-state index is -1.45. The molecule has 2 N–H and O–H groups in total. The van der Waals surface area contributed by atoms with Crippen LogP contribution in [-0.4, -0.2) is 17.6 Å². The third-order valence-corrected chi connectivity index (χ3v) is 2.28. The lowest BCUT2D eigenvalue weighted by Crippen LogP contribution is -2.42. The van der Waals surface area contributed by atoms with Crippen LogP contribution in [0.5, 0.6) is 0 Å². The molecule has 4 nitrogen and oxygen atoms in total. The Morgan fingerprint density at radius 3 is 2.50 bits per heavy atom. The molecule has 0 aromatic rings. The molecule has 1 unspecified atom stereocenters. The molecule has 0 heterocycles. The minimum absolute atomic E-state index is 0.122. The molecule has 14 heavy (non-hydrogen) atoms. The first kappa shape index (κ1) is 12.8. The van der Waals surface area contributed by atoms with Gasteiger partial charge in [0.1, 0.15) is 4.99 Å². The van der Waals surface area contributed by atoms with Crippen LogP contribution in [0.1, 0.15) is 26.7 Å². The van der Waals surface area contributed by atoms with E-state index in [1.807, 2.05) is 13.0 Å². The molecule has 0 aromatic carbocycles. The van der Waals surface area contributed by atoms with Gasteiger partial charge in [0.15, 0.2) is 0 Å². The van der Waals surface area contributed by atoms with Gasteiger partial charge in [-0.2, -0.15) is 5.26 Å². The van der Waals surface area contributed by atoms with Crippen molar-refractivity contribution in [3.05, 3.63) is 0 Å². The van der Waals surface area contributed by atoms with Crippen LogP contribution in [0.2, 0.25) is 0 Å². The number of nitriles is 1. The van der Waals surface area contributed by atoms with E-state index in [0.29, 0.717) is 6.42 Å². The highest BCUT2D eigenvalue weighted by Gasteiger charge is 2.42. The summed E-state index contributed by atoms with van der Waals surface area (Å²) in [5.74, 6) is -0.642. The van der Waals surface area contributed by atoms with Gasteiger partial charge >= 0.3 is 5.97 Å². The van der Waals surface area contributed by atoms with Crippen molar-refractivity contribution < 1.29 is 9.53 Å². The van der Waals surface area contributed by atoms with E-state index < -0.39 is 11.4 Å². The molecule has 0 saturated heterocycles. The number of ether oxygens (including phenoxy) is 1.